The number of thioether (sulfide) groups is 1. The van der Waals surface area contributed by atoms with Gasteiger partial charge in [-0.05, 0) is 25.5 Å². The Bertz CT molecular complexity index is 437. The molecule has 0 spiro atoms. The van der Waals surface area contributed by atoms with Crippen molar-refractivity contribution in [2.45, 2.75) is 31.6 Å². The predicted molar refractivity (Wildman–Crippen MR) is 71.8 cm³/mol. The van der Waals surface area contributed by atoms with Gasteiger partial charge in [-0.25, -0.2) is 0 Å². The fraction of sp³-hybridized carbons (Fsp3) is 0.500. The molecular weight excluding hydrogens is 236 g/mol. The second-order valence-corrected chi connectivity index (χ2v) is 5.95. The number of benzene rings is 1. The topological polar surface area (TPSA) is 55.2 Å². The number of hydrogen-bond donors (Lipinski definition) is 1. The lowest BCUT2D eigenvalue weighted by Gasteiger charge is -2.13. The first kappa shape index (κ1) is 12.2. The van der Waals surface area contributed by atoms with Crippen molar-refractivity contribution in [1.29, 1.82) is 0 Å². The Morgan fingerprint density at radius 2 is 2.29 bits per heavy atom. The smallest absolute Gasteiger partial charge is 0.272 e. The van der Waals surface area contributed by atoms with Crippen LogP contribution in [0, 0.1) is 17.0 Å². The van der Waals surface area contributed by atoms with Gasteiger partial charge in [-0.15, -0.1) is 0 Å². The summed E-state index contributed by atoms with van der Waals surface area (Å²) < 4.78 is 0. The number of nitro benzene ring substituents is 1. The predicted octanol–water partition coefficient (Wildman–Crippen LogP) is 3.21. The van der Waals surface area contributed by atoms with E-state index in [-0.39, 0.29) is 10.6 Å². The number of hydrogen-bond acceptors (Lipinski definition) is 4. The van der Waals surface area contributed by atoms with Gasteiger partial charge in [0.1, 0.15) is 0 Å². The molecular formula is C12H16N2O2S. The van der Waals surface area contributed by atoms with Crippen LogP contribution in [0.2, 0.25) is 0 Å². The molecule has 4 nitrogen and oxygen atoms in total. The van der Waals surface area contributed by atoms with Crippen LogP contribution in [0.4, 0.5) is 11.4 Å². The summed E-state index contributed by atoms with van der Waals surface area (Å²) in [5.41, 5.74) is 1.87. The first-order valence-corrected chi connectivity index (χ1v) is 6.74. The molecule has 1 N–H and O–H groups in total. The van der Waals surface area contributed by atoms with Gasteiger partial charge in [-0.1, -0.05) is 6.92 Å². The summed E-state index contributed by atoms with van der Waals surface area (Å²) in [6, 6.07) is 5.70. The van der Waals surface area contributed by atoms with Crippen LogP contribution in [0.5, 0.6) is 0 Å². The third-order valence-corrected chi connectivity index (χ3v) is 4.32. The maximum atomic E-state index is 10.7. The lowest BCUT2D eigenvalue weighted by Crippen LogP contribution is -2.18. The highest BCUT2D eigenvalue weighted by Crippen LogP contribution is 2.29. The van der Waals surface area contributed by atoms with E-state index < -0.39 is 0 Å². The van der Waals surface area contributed by atoms with Crippen LogP contribution in [-0.4, -0.2) is 22.0 Å². The molecule has 2 unspecified atom stereocenters. The molecule has 0 aliphatic carbocycles. The Kier molecular flexibility index (Phi) is 3.57. The molecule has 2 rings (SSSR count). The Morgan fingerprint density at radius 1 is 1.53 bits per heavy atom. The van der Waals surface area contributed by atoms with Crippen molar-refractivity contribution < 1.29 is 4.92 Å². The Hall–Kier alpha value is -1.23. The molecule has 92 valence electrons. The highest BCUT2D eigenvalue weighted by molar-refractivity contribution is 8.00. The van der Waals surface area contributed by atoms with E-state index in [2.05, 4.69) is 12.2 Å². The van der Waals surface area contributed by atoms with Crippen molar-refractivity contribution in [1.82, 2.24) is 0 Å². The van der Waals surface area contributed by atoms with E-state index in [0.717, 1.165) is 17.9 Å². The molecule has 1 heterocycles. The number of rotatable bonds is 3. The van der Waals surface area contributed by atoms with E-state index in [9.17, 15) is 10.1 Å². The number of nitrogens with zero attached hydrogens (tertiary/aromatic N) is 1. The summed E-state index contributed by atoms with van der Waals surface area (Å²) >= 11 is 1.97. The normalized spacial score (nSPS) is 23.6. The summed E-state index contributed by atoms with van der Waals surface area (Å²) in [5, 5.41) is 14.8. The zero-order chi connectivity index (χ0) is 12.4. The molecule has 0 bridgehead atoms. The molecule has 0 amide bonds. The SMILES string of the molecule is Cc1cc(NC2CSC(C)C2)ccc1[N+](=O)[O-]. The molecule has 0 saturated carbocycles. The minimum Gasteiger partial charge on any atom is -0.381 e. The van der Waals surface area contributed by atoms with Gasteiger partial charge in [0.15, 0.2) is 0 Å². The van der Waals surface area contributed by atoms with E-state index >= 15 is 0 Å². The van der Waals surface area contributed by atoms with E-state index in [1.54, 1.807) is 19.1 Å². The van der Waals surface area contributed by atoms with E-state index in [0.29, 0.717) is 16.9 Å². The van der Waals surface area contributed by atoms with Crippen molar-refractivity contribution in [2.24, 2.45) is 0 Å². The largest absolute Gasteiger partial charge is 0.381 e. The fourth-order valence-corrected chi connectivity index (χ4v) is 3.25. The quantitative estimate of drug-likeness (QED) is 0.663. The van der Waals surface area contributed by atoms with Crippen LogP contribution < -0.4 is 5.32 Å². The average Bonchev–Trinajstić information content (AvgIpc) is 2.63. The summed E-state index contributed by atoms with van der Waals surface area (Å²) in [5.74, 6) is 1.11. The zero-order valence-corrected chi connectivity index (χ0v) is 10.8. The average molecular weight is 252 g/mol. The molecule has 1 aromatic carbocycles. The molecule has 5 heteroatoms. The molecule has 1 fully saturated rings. The van der Waals surface area contributed by atoms with Crippen LogP contribution in [0.15, 0.2) is 18.2 Å². The Morgan fingerprint density at radius 3 is 2.82 bits per heavy atom. The van der Waals surface area contributed by atoms with Gasteiger partial charge < -0.3 is 5.32 Å². The minimum atomic E-state index is -0.341. The molecule has 1 saturated heterocycles. The number of nitro groups is 1. The maximum absolute atomic E-state index is 10.7. The van der Waals surface area contributed by atoms with Crippen LogP contribution in [-0.2, 0) is 0 Å². The molecule has 2 atom stereocenters. The monoisotopic (exact) mass is 252 g/mol. The number of aryl methyl sites for hydroxylation is 1. The highest BCUT2D eigenvalue weighted by atomic mass is 32.2. The Labute approximate surface area is 105 Å². The third kappa shape index (κ3) is 2.91. The molecule has 1 aliphatic rings. The number of nitrogens with one attached hydrogen (secondary N) is 1. The van der Waals surface area contributed by atoms with Crippen LogP contribution in [0.25, 0.3) is 0 Å². The van der Waals surface area contributed by atoms with Crippen molar-refractivity contribution in [3.8, 4) is 0 Å². The fourth-order valence-electron chi connectivity index (χ4n) is 2.10. The van der Waals surface area contributed by atoms with Gasteiger partial charge in [-0.3, -0.25) is 10.1 Å². The Balaban J connectivity index is 2.07. The first-order valence-electron chi connectivity index (χ1n) is 5.69. The third-order valence-electron chi connectivity index (χ3n) is 2.96. The van der Waals surface area contributed by atoms with E-state index in [1.165, 1.54) is 0 Å². The van der Waals surface area contributed by atoms with E-state index in [4.69, 9.17) is 0 Å². The first-order chi connectivity index (χ1) is 8.06. The van der Waals surface area contributed by atoms with Crippen molar-refractivity contribution in [3.63, 3.8) is 0 Å². The second-order valence-electron chi connectivity index (χ2n) is 4.48. The summed E-state index contributed by atoms with van der Waals surface area (Å²) in [7, 11) is 0. The van der Waals surface area contributed by atoms with Gasteiger partial charge in [0.05, 0.1) is 4.92 Å². The van der Waals surface area contributed by atoms with Crippen LogP contribution >= 0.6 is 11.8 Å². The van der Waals surface area contributed by atoms with Crippen molar-refractivity contribution in [2.75, 3.05) is 11.1 Å². The van der Waals surface area contributed by atoms with Gasteiger partial charge in [0, 0.05) is 34.4 Å². The molecule has 1 aliphatic heterocycles. The van der Waals surface area contributed by atoms with Crippen LogP contribution in [0.3, 0.4) is 0 Å². The standard InChI is InChI=1S/C12H16N2O2S/c1-8-5-10(3-4-12(8)14(15)16)13-11-6-9(2)17-7-11/h3-5,9,11,13H,6-7H2,1-2H3. The van der Waals surface area contributed by atoms with Crippen molar-refractivity contribution in [3.05, 3.63) is 33.9 Å². The summed E-state index contributed by atoms with van der Waals surface area (Å²) in [6.07, 6.45) is 1.15. The molecule has 0 radical (unpaired) electrons. The molecule has 17 heavy (non-hydrogen) atoms. The van der Waals surface area contributed by atoms with Gasteiger partial charge in [0.25, 0.3) is 5.69 Å². The van der Waals surface area contributed by atoms with Gasteiger partial charge in [0.2, 0.25) is 0 Å². The van der Waals surface area contributed by atoms with Crippen LogP contribution in [0.1, 0.15) is 18.9 Å². The minimum absolute atomic E-state index is 0.185. The lowest BCUT2D eigenvalue weighted by atomic mass is 10.1. The number of anilines is 1. The lowest BCUT2D eigenvalue weighted by molar-refractivity contribution is -0.385. The summed E-state index contributed by atoms with van der Waals surface area (Å²) in [6.45, 7) is 4.00. The molecule has 0 aromatic heterocycles. The maximum Gasteiger partial charge on any atom is 0.272 e. The zero-order valence-electron chi connectivity index (χ0n) is 9.97. The second kappa shape index (κ2) is 4.96. The highest BCUT2D eigenvalue weighted by Gasteiger charge is 2.21. The van der Waals surface area contributed by atoms with Gasteiger partial charge >= 0.3 is 0 Å². The van der Waals surface area contributed by atoms with Gasteiger partial charge in [-0.2, -0.15) is 11.8 Å². The summed E-state index contributed by atoms with van der Waals surface area (Å²) in [4.78, 5) is 10.4. The van der Waals surface area contributed by atoms with E-state index in [1.807, 2.05) is 17.8 Å². The molecule has 1 aromatic rings. The van der Waals surface area contributed by atoms with Crippen molar-refractivity contribution >= 4 is 23.1 Å².